The van der Waals surface area contributed by atoms with Gasteiger partial charge in [0.15, 0.2) is 0 Å². The van der Waals surface area contributed by atoms with Crippen LogP contribution in [0.25, 0.3) is 0 Å². The Hall–Kier alpha value is 0.690. The zero-order valence-corrected chi connectivity index (χ0v) is 14.5. The van der Waals surface area contributed by atoms with E-state index in [1.54, 1.807) is 0 Å². The molecule has 1 heterocycles. The van der Waals surface area contributed by atoms with Gasteiger partial charge in [0.1, 0.15) is 5.60 Å². The minimum absolute atomic E-state index is 0.126. The number of hydrogen-bond donors (Lipinski definition) is 1. The van der Waals surface area contributed by atoms with E-state index in [1.165, 1.54) is 0 Å². The molecule has 3 fully saturated rings. The number of halogens is 2. The van der Waals surface area contributed by atoms with Gasteiger partial charge in [0.05, 0.1) is 16.6 Å². The van der Waals surface area contributed by atoms with Crippen LogP contribution in [0.3, 0.4) is 0 Å². The van der Waals surface area contributed by atoms with Crippen molar-refractivity contribution in [2.45, 2.75) is 80.4 Å². The highest BCUT2D eigenvalue weighted by Gasteiger charge is 2.74. The minimum atomic E-state index is -0.755. The van der Waals surface area contributed by atoms with E-state index in [0.717, 1.165) is 12.8 Å². The molecular formula is C15H24BrClO2. The van der Waals surface area contributed by atoms with Gasteiger partial charge in [0, 0.05) is 10.2 Å². The monoisotopic (exact) mass is 350 g/mol. The molecular weight excluding hydrogens is 328 g/mol. The Morgan fingerprint density at radius 1 is 1.26 bits per heavy atom. The van der Waals surface area contributed by atoms with Crippen molar-refractivity contribution in [3.63, 3.8) is 0 Å². The lowest BCUT2D eigenvalue weighted by molar-refractivity contribution is -0.112. The first-order chi connectivity index (χ1) is 8.57. The van der Waals surface area contributed by atoms with Crippen LogP contribution < -0.4 is 0 Å². The first-order valence-corrected chi connectivity index (χ1v) is 8.59. The normalized spacial score (nSPS) is 64.9. The molecule has 3 aliphatic rings. The Bertz CT molecular complexity index is 415. The molecule has 7 atom stereocenters. The summed E-state index contributed by atoms with van der Waals surface area (Å²) in [5, 5.41) is 11.4. The van der Waals surface area contributed by atoms with Crippen LogP contribution in [0.5, 0.6) is 0 Å². The van der Waals surface area contributed by atoms with Crippen molar-refractivity contribution < 1.29 is 9.84 Å². The highest BCUT2D eigenvalue weighted by molar-refractivity contribution is 9.09. The van der Waals surface area contributed by atoms with Crippen molar-refractivity contribution in [1.82, 2.24) is 0 Å². The molecule has 2 unspecified atom stereocenters. The van der Waals surface area contributed by atoms with Gasteiger partial charge in [-0.1, -0.05) is 29.8 Å². The molecule has 0 aromatic carbocycles. The fraction of sp³-hybridized carbons (Fsp3) is 1.00. The van der Waals surface area contributed by atoms with Crippen LogP contribution in [0.4, 0.5) is 0 Å². The Kier molecular flexibility index (Phi) is 3.01. The van der Waals surface area contributed by atoms with Gasteiger partial charge in [-0.2, -0.15) is 0 Å². The van der Waals surface area contributed by atoms with E-state index in [0.29, 0.717) is 18.8 Å². The lowest BCUT2D eigenvalue weighted by atomic mass is 9.59. The lowest BCUT2D eigenvalue weighted by Gasteiger charge is -2.50. The average Bonchev–Trinajstić information content (AvgIpc) is 2.60. The minimum Gasteiger partial charge on any atom is -0.386 e. The van der Waals surface area contributed by atoms with E-state index in [9.17, 15) is 5.11 Å². The summed E-state index contributed by atoms with van der Waals surface area (Å²) >= 11 is 10.3. The number of alkyl halides is 2. The predicted molar refractivity (Wildman–Crippen MR) is 80.9 cm³/mol. The maximum absolute atomic E-state index is 11.4. The molecule has 4 heteroatoms. The number of ether oxygens (including phenoxy) is 1. The Morgan fingerprint density at radius 3 is 2.53 bits per heavy atom. The average molecular weight is 352 g/mol. The summed E-state index contributed by atoms with van der Waals surface area (Å²) in [5.74, 6) is 0.488. The van der Waals surface area contributed by atoms with Crippen molar-refractivity contribution in [2.75, 3.05) is 0 Å². The maximum atomic E-state index is 11.4. The molecule has 3 rings (SSSR count). The van der Waals surface area contributed by atoms with E-state index in [2.05, 4.69) is 36.7 Å². The number of aliphatic hydroxyl groups is 1. The summed E-state index contributed by atoms with van der Waals surface area (Å²) in [6.07, 6.45) is 3.42. The molecule has 2 aliphatic carbocycles. The highest BCUT2D eigenvalue weighted by Crippen LogP contribution is 2.68. The largest absolute Gasteiger partial charge is 0.386 e. The predicted octanol–water partition coefficient (Wildman–Crippen LogP) is 3.87. The standard InChI is InChI=1S/C15H24BrClO2/c1-9-5-6-13(3)14(9,4)19-11-8-12(2,17)10(16)7-15(11,13)18/h9-11,18H,5-8H2,1-4H3/t9-,10+,11?,12+,13-,14+,15?/m1/s1. The van der Waals surface area contributed by atoms with Gasteiger partial charge in [-0.25, -0.2) is 0 Å². The number of fused-ring (bicyclic) bond motifs is 3. The smallest absolute Gasteiger partial charge is 0.100 e. The number of hydrogen-bond acceptors (Lipinski definition) is 2. The maximum Gasteiger partial charge on any atom is 0.100 e. The highest BCUT2D eigenvalue weighted by atomic mass is 79.9. The van der Waals surface area contributed by atoms with Gasteiger partial charge in [-0.3, -0.25) is 0 Å². The first-order valence-electron chi connectivity index (χ1n) is 7.30. The number of rotatable bonds is 0. The molecule has 1 saturated heterocycles. The van der Waals surface area contributed by atoms with Crippen LogP contribution in [-0.2, 0) is 4.74 Å². The van der Waals surface area contributed by atoms with Gasteiger partial charge >= 0.3 is 0 Å². The van der Waals surface area contributed by atoms with Crippen molar-refractivity contribution in [3.8, 4) is 0 Å². The molecule has 0 bridgehead atoms. The molecule has 0 amide bonds. The molecule has 0 radical (unpaired) electrons. The molecule has 2 nitrogen and oxygen atoms in total. The summed E-state index contributed by atoms with van der Waals surface area (Å²) in [6.45, 7) is 8.69. The van der Waals surface area contributed by atoms with Gasteiger partial charge in [0.2, 0.25) is 0 Å². The summed E-state index contributed by atoms with van der Waals surface area (Å²) in [6, 6.07) is 0. The van der Waals surface area contributed by atoms with Gasteiger partial charge in [-0.05, 0) is 45.4 Å². The molecule has 19 heavy (non-hydrogen) atoms. The van der Waals surface area contributed by atoms with Crippen LogP contribution in [0.2, 0.25) is 0 Å². The van der Waals surface area contributed by atoms with Crippen molar-refractivity contribution >= 4 is 27.5 Å². The topological polar surface area (TPSA) is 29.5 Å². The summed E-state index contributed by atoms with van der Waals surface area (Å²) in [7, 11) is 0. The van der Waals surface area contributed by atoms with E-state index in [-0.39, 0.29) is 26.8 Å². The second kappa shape index (κ2) is 3.91. The van der Waals surface area contributed by atoms with E-state index in [1.807, 2.05) is 6.92 Å². The molecule has 0 spiro atoms. The fourth-order valence-electron chi connectivity index (χ4n) is 4.76. The van der Waals surface area contributed by atoms with Crippen LogP contribution in [0.15, 0.2) is 0 Å². The van der Waals surface area contributed by atoms with Gasteiger partial charge < -0.3 is 9.84 Å². The van der Waals surface area contributed by atoms with E-state index < -0.39 is 5.60 Å². The van der Waals surface area contributed by atoms with Crippen LogP contribution in [0, 0.1) is 11.3 Å². The molecule has 2 saturated carbocycles. The third kappa shape index (κ3) is 1.56. The molecule has 110 valence electrons. The molecule has 1 aliphatic heterocycles. The first kappa shape index (κ1) is 14.6. The summed E-state index contributed by atoms with van der Waals surface area (Å²) in [4.78, 5) is -0.215. The summed E-state index contributed by atoms with van der Waals surface area (Å²) < 4.78 is 6.42. The van der Waals surface area contributed by atoms with E-state index >= 15 is 0 Å². The Labute approximate surface area is 129 Å². The fourth-order valence-corrected chi connectivity index (χ4v) is 5.65. The second-order valence-electron chi connectivity index (χ2n) is 7.56. The van der Waals surface area contributed by atoms with Crippen molar-refractivity contribution in [1.29, 1.82) is 0 Å². The van der Waals surface area contributed by atoms with E-state index in [4.69, 9.17) is 16.3 Å². The van der Waals surface area contributed by atoms with Gasteiger partial charge in [-0.15, -0.1) is 11.6 Å². The molecule has 1 N–H and O–H groups in total. The van der Waals surface area contributed by atoms with Crippen LogP contribution >= 0.6 is 27.5 Å². The second-order valence-corrected chi connectivity index (χ2v) is 9.53. The molecule has 0 aromatic rings. The summed E-state index contributed by atoms with van der Waals surface area (Å²) in [5.41, 5.74) is -1.14. The third-order valence-corrected chi connectivity index (χ3v) is 8.73. The SMILES string of the molecule is C[C@@H]1CC[C@@]2(C)C3(O)C[C@H](Br)[C@@](C)(Cl)CC3O[C@@]12C. The van der Waals surface area contributed by atoms with Crippen molar-refractivity contribution in [2.24, 2.45) is 11.3 Å². The third-order valence-electron chi connectivity index (χ3n) is 6.72. The van der Waals surface area contributed by atoms with Gasteiger partial charge in [0.25, 0.3) is 0 Å². The quantitative estimate of drug-likeness (QED) is 0.671. The molecule has 0 aromatic heterocycles. The Balaban J connectivity index is 2.04. The lowest BCUT2D eigenvalue weighted by Crippen LogP contribution is -2.60. The van der Waals surface area contributed by atoms with Crippen LogP contribution in [0.1, 0.15) is 53.4 Å². The van der Waals surface area contributed by atoms with Crippen molar-refractivity contribution in [3.05, 3.63) is 0 Å². The van der Waals surface area contributed by atoms with Crippen LogP contribution in [-0.4, -0.2) is 32.1 Å². The zero-order valence-electron chi connectivity index (χ0n) is 12.2. The zero-order chi connectivity index (χ0) is 14.3. The Morgan fingerprint density at radius 2 is 1.89 bits per heavy atom.